The number of esters is 1. The van der Waals surface area contributed by atoms with Crippen molar-refractivity contribution in [3.63, 3.8) is 0 Å². The SMILES string of the molecule is CCCCCCCCOc1ccc(NS(=O)Oc2cc(C)ccc2OCCCCCCCC)cc1OS(=O)NCC(C)c1nc2c(Cl)c(C)[nH]n2n1.CCOC(=O)c1c(Cl)c(Cl)c(N2NC(=Nc3cc(C=O)ccc3Cl)C(n3cccn3)C2=O)c(Cl)c1Cl. The van der Waals surface area contributed by atoms with Crippen LogP contribution in [0.15, 0.2) is 78.0 Å². The van der Waals surface area contributed by atoms with Crippen molar-refractivity contribution in [1.82, 2.24) is 39.7 Å². The highest BCUT2D eigenvalue weighted by Gasteiger charge is 2.43. The largest absolute Gasteiger partial charge is 0.490 e. The number of aryl methyl sites for hydroxylation is 2. The third-order valence-corrected chi connectivity index (χ3v) is 17.4. The van der Waals surface area contributed by atoms with Crippen LogP contribution in [-0.4, -0.2) is 88.4 Å². The van der Waals surface area contributed by atoms with Gasteiger partial charge in [-0.15, -0.1) is 5.10 Å². The number of benzene rings is 4. The van der Waals surface area contributed by atoms with Crippen molar-refractivity contribution in [2.24, 2.45) is 4.99 Å². The van der Waals surface area contributed by atoms with Gasteiger partial charge in [-0.3, -0.25) is 29.5 Å². The molecule has 8 rings (SSSR count). The summed E-state index contributed by atoms with van der Waals surface area (Å²) in [6, 6.07) is 15.6. The predicted octanol–water partition coefficient (Wildman–Crippen LogP) is 15.2. The molecule has 0 spiro atoms. The van der Waals surface area contributed by atoms with Crippen LogP contribution in [0.25, 0.3) is 5.65 Å². The van der Waals surface area contributed by atoms with Crippen molar-refractivity contribution in [1.29, 1.82) is 0 Å². The quantitative estimate of drug-likeness (QED) is 0.0133. The predicted molar refractivity (Wildman–Crippen MR) is 348 cm³/mol. The number of hydrogen-bond donors (Lipinski definition) is 4. The topological polar surface area (TPSA) is 247 Å². The lowest BCUT2D eigenvalue weighted by molar-refractivity contribution is -0.119. The van der Waals surface area contributed by atoms with Crippen LogP contribution in [0.2, 0.25) is 30.1 Å². The van der Waals surface area contributed by atoms with Crippen molar-refractivity contribution in [2.45, 2.75) is 131 Å². The number of hydrogen-bond acceptors (Lipinski definition) is 14. The Hall–Kier alpha value is -6.15. The summed E-state index contributed by atoms with van der Waals surface area (Å²) in [5.41, 5.74) is 5.74. The number of fused-ring (bicyclic) bond motifs is 1. The number of carbonyl (C=O) groups excluding carboxylic acids is 3. The van der Waals surface area contributed by atoms with Gasteiger partial charge in [0.1, 0.15) is 22.6 Å². The van der Waals surface area contributed by atoms with Gasteiger partial charge in [-0.25, -0.2) is 24.5 Å². The van der Waals surface area contributed by atoms with Gasteiger partial charge in [-0.2, -0.15) is 18.1 Å². The van der Waals surface area contributed by atoms with E-state index in [-0.39, 0.29) is 72.7 Å². The van der Waals surface area contributed by atoms with Crippen LogP contribution >= 0.6 is 69.6 Å². The van der Waals surface area contributed by atoms with Crippen LogP contribution in [0.4, 0.5) is 17.1 Å². The highest BCUT2D eigenvalue weighted by molar-refractivity contribution is 7.82. The maximum atomic E-state index is 13.6. The second kappa shape index (κ2) is 34.2. The first kappa shape index (κ1) is 69.3. The molecule has 1 aliphatic heterocycles. The number of rotatable bonds is 32. The maximum absolute atomic E-state index is 13.6. The maximum Gasteiger partial charge on any atom is 0.341 e. The van der Waals surface area contributed by atoms with Gasteiger partial charge in [-0.1, -0.05) is 167 Å². The smallest absolute Gasteiger partial charge is 0.341 e. The van der Waals surface area contributed by atoms with Crippen molar-refractivity contribution in [3.8, 4) is 23.0 Å². The molecular formula is C59H69Cl6N11O10S2. The molecule has 88 heavy (non-hydrogen) atoms. The molecule has 7 aromatic rings. The van der Waals surface area contributed by atoms with Gasteiger partial charge in [0.15, 0.2) is 46.3 Å². The van der Waals surface area contributed by atoms with Gasteiger partial charge in [0.2, 0.25) is 0 Å². The zero-order chi connectivity index (χ0) is 63.4. The number of carbonyl (C=O) groups is 3. The molecule has 4 atom stereocenters. The molecule has 1 amide bonds. The van der Waals surface area contributed by atoms with Crippen LogP contribution in [0.3, 0.4) is 0 Å². The first-order valence-corrected chi connectivity index (χ1v) is 33.1. The fourth-order valence-electron chi connectivity index (χ4n) is 8.82. The molecule has 0 aliphatic carbocycles. The Morgan fingerprint density at radius 1 is 0.773 bits per heavy atom. The van der Waals surface area contributed by atoms with Crippen LogP contribution < -0.4 is 37.7 Å². The van der Waals surface area contributed by atoms with Gasteiger partial charge in [0.25, 0.3) is 17.2 Å². The Balaban J connectivity index is 0.000000268. The molecule has 0 saturated carbocycles. The number of nitrogens with zero attached hydrogens (tertiary/aromatic N) is 7. The van der Waals surface area contributed by atoms with Gasteiger partial charge in [-0.05, 0) is 81.6 Å². The molecule has 21 nitrogen and oxygen atoms in total. The molecule has 29 heteroatoms. The van der Waals surface area contributed by atoms with Crippen molar-refractivity contribution in [3.05, 3.63) is 131 Å². The monoisotopic (exact) mass is 1370 g/mol. The molecular weight excluding hydrogens is 1300 g/mol. The van der Waals surface area contributed by atoms with Crippen molar-refractivity contribution < 1.29 is 45.4 Å². The zero-order valence-electron chi connectivity index (χ0n) is 49.3. The summed E-state index contributed by atoms with van der Waals surface area (Å²) in [5, 5.41) is 12.4. The lowest BCUT2D eigenvalue weighted by Crippen LogP contribution is -2.36. The molecule has 3 aromatic heterocycles. The zero-order valence-corrected chi connectivity index (χ0v) is 55.4. The molecule has 4 aromatic carbocycles. The number of aromatic amines is 1. The summed E-state index contributed by atoms with van der Waals surface area (Å²) in [6.45, 7) is 13.1. The number of amidine groups is 1. The fraction of sp³-hybridized carbons (Fsp3) is 0.407. The Kier molecular flexibility index (Phi) is 26.9. The highest BCUT2D eigenvalue weighted by Crippen LogP contribution is 2.48. The van der Waals surface area contributed by atoms with Gasteiger partial charge in [0, 0.05) is 36.5 Å². The van der Waals surface area contributed by atoms with Crippen LogP contribution in [0, 0.1) is 13.8 Å². The Morgan fingerprint density at radius 3 is 2.01 bits per heavy atom. The number of ether oxygens (including phenoxy) is 3. The molecule has 1 aliphatic rings. The summed E-state index contributed by atoms with van der Waals surface area (Å²) in [6.07, 6.45) is 17.3. The molecule has 1 saturated heterocycles. The summed E-state index contributed by atoms with van der Waals surface area (Å²) >= 11 is 34.3. The second-order valence-corrected chi connectivity index (χ2v) is 24.3. The van der Waals surface area contributed by atoms with Crippen LogP contribution in [0.1, 0.15) is 155 Å². The number of H-pyrrole nitrogens is 1. The second-order valence-electron chi connectivity index (χ2n) is 20.3. The normalized spacial score (nSPS) is 14.5. The number of amides is 1. The Labute approximate surface area is 546 Å². The fourth-order valence-corrected chi connectivity index (χ4v) is 11.7. The van der Waals surface area contributed by atoms with Gasteiger partial charge in [0.05, 0.1) is 62.0 Å². The van der Waals surface area contributed by atoms with Crippen LogP contribution in [-0.2, 0) is 32.1 Å². The minimum atomic E-state index is -1.98. The third kappa shape index (κ3) is 18.5. The van der Waals surface area contributed by atoms with Gasteiger partial charge >= 0.3 is 17.2 Å². The number of unbranched alkanes of at least 4 members (excludes halogenated alkanes) is 10. The molecule has 4 N–H and O–H groups in total. The number of aldehydes is 1. The van der Waals surface area contributed by atoms with E-state index in [4.69, 9.17) is 92.2 Å². The first-order chi connectivity index (χ1) is 42.4. The molecule has 0 bridgehead atoms. The van der Waals surface area contributed by atoms with Crippen molar-refractivity contribution >= 4 is 139 Å². The number of halogens is 6. The number of aromatic nitrogens is 6. The van der Waals surface area contributed by atoms with E-state index in [0.29, 0.717) is 64.5 Å². The molecule has 4 unspecified atom stereocenters. The first-order valence-electron chi connectivity index (χ1n) is 28.6. The minimum absolute atomic E-state index is 0.0634. The minimum Gasteiger partial charge on any atom is -0.490 e. The molecule has 1 fully saturated rings. The van der Waals surface area contributed by atoms with Gasteiger partial charge < -0.3 is 22.6 Å². The van der Waals surface area contributed by atoms with Crippen LogP contribution in [0.5, 0.6) is 23.0 Å². The molecule has 0 radical (unpaired) electrons. The van der Waals surface area contributed by atoms with E-state index in [1.165, 1.54) is 78.7 Å². The number of nitrogens with one attached hydrogen (secondary N) is 4. The number of anilines is 2. The van der Waals surface area contributed by atoms with E-state index >= 15 is 0 Å². The average molecular weight is 1370 g/mol. The van der Waals surface area contributed by atoms with E-state index in [9.17, 15) is 22.8 Å². The summed E-state index contributed by atoms with van der Waals surface area (Å²) in [4.78, 5) is 46.2. The summed E-state index contributed by atoms with van der Waals surface area (Å²) < 4.78 is 63.7. The van der Waals surface area contributed by atoms with Crippen molar-refractivity contribution in [2.75, 3.05) is 36.1 Å². The lowest BCUT2D eigenvalue weighted by atomic mass is 10.1. The lowest BCUT2D eigenvalue weighted by Gasteiger charge is -2.22. The Bertz CT molecular complexity index is 3580. The van der Waals surface area contributed by atoms with E-state index in [1.807, 2.05) is 32.9 Å². The van der Waals surface area contributed by atoms with E-state index in [1.54, 1.807) is 43.5 Å². The average Bonchev–Trinajstić information content (AvgIpc) is 2.28. The summed E-state index contributed by atoms with van der Waals surface area (Å²) in [7, 11) is 0. The van der Waals surface area contributed by atoms with E-state index < -0.39 is 40.5 Å². The highest BCUT2D eigenvalue weighted by atomic mass is 35.5. The standard InChI is InChI=1S/C37H55ClN6O6S2.C22H14Cl5N5O4/c1-6-8-10-12-14-16-22-47-31-20-18-27(3)24-33(31)50-52(46)43-30-19-21-32(48-23-17-15-13-11-9-7-2)34(25-30)49-51(45)39-26-28(4)36-40-37-35(38)29(5)41-44(37)42-36;1-2-36-22(35)13-14(24)16(26)18(17(27)15(13)25)32-21(34)19(31-7-3-6-28-31)20(30-32)29-12-8-10(9-33)4-5-11(12)23/h18-21,24-25,28,39,41,43H,6-17,22-23,26H2,1-5H3;3-9,19H,2H2,1H3,(H,29,30). The Morgan fingerprint density at radius 2 is 1.40 bits per heavy atom. The van der Waals surface area contributed by atoms with E-state index in [2.05, 4.69) is 54.0 Å². The van der Waals surface area contributed by atoms with E-state index in [0.717, 1.165) is 48.4 Å². The molecule has 474 valence electrons. The number of aliphatic imine (C=N–C) groups is 1. The third-order valence-electron chi connectivity index (χ3n) is 13.5. The number of hydrazine groups is 1. The summed E-state index contributed by atoms with van der Waals surface area (Å²) in [5.74, 6) is 0.566. The molecule has 4 heterocycles.